The summed E-state index contributed by atoms with van der Waals surface area (Å²) < 4.78 is 27.4. The third-order valence-electron chi connectivity index (χ3n) is 6.41. The molecule has 0 radical (unpaired) electrons. The third-order valence-corrected chi connectivity index (χ3v) is 7.32. The Hall–Kier alpha value is -1.60. The molecule has 2 aromatic rings. The fourth-order valence-electron chi connectivity index (χ4n) is 5.03. The van der Waals surface area contributed by atoms with Crippen molar-refractivity contribution in [3.8, 4) is 5.75 Å². The van der Waals surface area contributed by atoms with E-state index in [2.05, 4.69) is 21.7 Å². The van der Waals surface area contributed by atoms with Gasteiger partial charge in [-0.05, 0) is 63.0 Å². The van der Waals surface area contributed by atoms with Gasteiger partial charge in [-0.2, -0.15) is 0 Å². The number of halogens is 1. The highest BCUT2D eigenvalue weighted by atomic mass is 32.2. The first-order valence-electron chi connectivity index (χ1n) is 10.7. The van der Waals surface area contributed by atoms with Gasteiger partial charge in [-0.15, -0.1) is 10.2 Å². The summed E-state index contributed by atoms with van der Waals surface area (Å²) in [7, 11) is 0. The SMILES string of the molecule is CCOCCSc1nnc(COc2ccccc2F)n1C(C)C1CC2CCC1C2. The van der Waals surface area contributed by atoms with Crippen LogP contribution in [0.5, 0.6) is 5.75 Å². The van der Waals surface area contributed by atoms with Crippen LogP contribution in [-0.2, 0) is 11.3 Å². The second-order valence-electron chi connectivity index (χ2n) is 8.11. The quantitative estimate of drug-likeness (QED) is 0.395. The lowest BCUT2D eigenvalue weighted by molar-refractivity contribution is 0.164. The number of thioether (sulfide) groups is 1. The summed E-state index contributed by atoms with van der Waals surface area (Å²) in [5.41, 5.74) is 0. The summed E-state index contributed by atoms with van der Waals surface area (Å²) in [6.07, 6.45) is 5.39. The molecule has 1 aromatic heterocycles. The topological polar surface area (TPSA) is 49.2 Å². The van der Waals surface area contributed by atoms with Crippen molar-refractivity contribution in [2.24, 2.45) is 17.8 Å². The third kappa shape index (κ3) is 4.61. The number of aromatic nitrogens is 3. The Morgan fingerprint density at radius 3 is 2.83 bits per heavy atom. The normalized spacial score (nSPS) is 24.2. The van der Waals surface area contributed by atoms with E-state index >= 15 is 0 Å². The van der Waals surface area contributed by atoms with E-state index in [-0.39, 0.29) is 18.2 Å². The number of ether oxygens (including phenoxy) is 2. The Kier molecular flexibility index (Phi) is 6.75. The van der Waals surface area contributed by atoms with Crippen LogP contribution in [0.4, 0.5) is 4.39 Å². The van der Waals surface area contributed by atoms with E-state index in [1.165, 1.54) is 31.7 Å². The lowest BCUT2D eigenvalue weighted by Gasteiger charge is -2.30. The zero-order valence-electron chi connectivity index (χ0n) is 17.2. The summed E-state index contributed by atoms with van der Waals surface area (Å²) >= 11 is 1.67. The molecule has 1 aromatic carbocycles. The van der Waals surface area contributed by atoms with E-state index < -0.39 is 0 Å². The van der Waals surface area contributed by atoms with Crippen molar-refractivity contribution in [3.05, 3.63) is 35.9 Å². The molecule has 2 bridgehead atoms. The summed E-state index contributed by atoms with van der Waals surface area (Å²) in [6.45, 7) is 5.91. The molecule has 4 rings (SSSR count). The van der Waals surface area contributed by atoms with Crippen molar-refractivity contribution < 1.29 is 13.9 Å². The highest BCUT2D eigenvalue weighted by Crippen LogP contribution is 2.52. The predicted octanol–water partition coefficient (Wildman–Crippen LogP) is 5.12. The molecule has 7 heteroatoms. The summed E-state index contributed by atoms with van der Waals surface area (Å²) in [5, 5.41) is 9.78. The van der Waals surface area contributed by atoms with E-state index in [0.29, 0.717) is 18.6 Å². The van der Waals surface area contributed by atoms with Gasteiger partial charge in [-0.25, -0.2) is 4.39 Å². The molecule has 0 aliphatic heterocycles. The van der Waals surface area contributed by atoms with Gasteiger partial charge in [0.2, 0.25) is 0 Å². The molecule has 5 nitrogen and oxygen atoms in total. The number of hydrogen-bond donors (Lipinski definition) is 0. The van der Waals surface area contributed by atoms with E-state index in [9.17, 15) is 4.39 Å². The van der Waals surface area contributed by atoms with Crippen molar-refractivity contribution in [1.82, 2.24) is 14.8 Å². The first-order valence-corrected chi connectivity index (χ1v) is 11.7. The van der Waals surface area contributed by atoms with Gasteiger partial charge in [-0.1, -0.05) is 30.3 Å². The van der Waals surface area contributed by atoms with Gasteiger partial charge >= 0.3 is 0 Å². The van der Waals surface area contributed by atoms with Crippen LogP contribution in [0.25, 0.3) is 0 Å². The average molecular weight is 420 g/mol. The Morgan fingerprint density at radius 1 is 1.24 bits per heavy atom. The number of para-hydroxylation sites is 1. The monoisotopic (exact) mass is 419 g/mol. The molecule has 0 N–H and O–H groups in total. The molecule has 0 amide bonds. The van der Waals surface area contributed by atoms with Crippen LogP contribution in [0.2, 0.25) is 0 Å². The smallest absolute Gasteiger partial charge is 0.191 e. The maximum atomic E-state index is 14.0. The van der Waals surface area contributed by atoms with Crippen LogP contribution in [0.15, 0.2) is 29.4 Å². The Morgan fingerprint density at radius 2 is 2.10 bits per heavy atom. The highest BCUT2D eigenvalue weighted by molar-refractivity contribution is 7.99. The van der Waals surface area contributed by atoms with Crippen LogP contribution in [0, 0.1) is 23.6 Å². The second kappa shape index (κ2) is 9.47. The van der Waals surface area contributed by atoms with Crippen LogP contribution in [0.3, 0.4) is 0 Å². The molecule has 2 fully saturated rings. The van der Waals surface area contributed by atoms with Crippen molar-refractivity contribution in [1.29, 1.82) is 0 Å². The zero-order valence-corrected chi connectivity index (χ0v) is 18.0. The molecular formula is C22H30FN3O2S. The maximum Gasteiger partial charge on any atom is 0.191 e. The summed E-state index contributed by atoms with van der Waals surface area (Å²) in [6, 6.07) is 6.81. The van der Waals surface area contributed by atoms with Gasteiger partial charge in [0.15, 0.2) is 22.5 Å². The van der Waals surface area contributed by atoms with Gasteiger partial charge < -0.3 is 9.47 Å². The van der Waals surface area contributed by atoms with Gasteiger partial charge in [0, 0.05) is 18.4 Å². The van der Waals surface area contributed by atoms with E-state index in [1.807, 2.05) is 6.92 Å². The first-order chi connectivity index (χ1) is 14.2. The molecule has 0 saturated heterocycles. The molecule has 2 aliphatic rings. The molecule has 2 aliphatic carbocycles. The standard InChI is InChI=1S/C22H30FN3O2S/c1-3-27-10-11-29-22-25-24-21(14-28-20-7-5-4-6-19(20)23)26(22)15(2)18-13-16-8-9-17(18)12-16/h4-7,15-18H,3,8-14H2,1-2H3. The van der Waals surface area contributed by atoms with E-state index in [4.69, 9.17) is 9.47 Å². The van der Waals surface area contributed by atoms with Crippen LogP contribution in [-0.4, -0.2) is 33.7 Å². The highest BCUT2D eigenvalue weighted by Gasteiger charge is 2.43. The van der Waals surface area contributed by atoms with Crippen molar-refractivity contribution in [2.45, 2.75) is 57.3 Å². The number of benzene rings is 1. The molecule has 1 heterocycles. The molecule has 2 saturated carbocycles. The second-order valence-corrected chi connectivity index (χ2v) is 9.17. The molecular weight excluding hydrogens is 389 g/mol. The Labute approximate surface area is 176 Å². The van der Waals surface area contributed by atoms with Gasteiger partial charge in [0.25, 0.3) is 0 Å². The average Bonchev–Trinajstić information content (AvgIpc) is 3.46. The largest absolute Gasteiger partial charge is 0.483 e. The molecule has 29 heavy (non-hydrogen) atoms. The van der Waals surface area contributed by atoms with Crippen LogP contribution in [0.1, 0.15) is 51.4 Å². The Balaban J connectivity index is 1.52. The number of fused-ring (bicyclic) bond motifs is 2. The minimum atomic E-state index is -0.356. The van der Waals surface area contributed by atoms with E-state index in [1.54, 1.807) is 30.0 Å². The summed E-state index contributed by atoms with van der Waals surface area (Å²) in [4.78, 5) is 0. The van der Waals surface area contributed by atoms with Crippen molar-refractivity contribution in [3.63, 3.8) is 0 Å². The fourth-order valence-corrected chi connectivity index (χ4v) is 5.92. The molecule has 4 atom stereocenters. The fraction of sp³-hybridized carbons (Fsp3) is 0.636. The first kappa shape index (κ1) is 20.7. The van der Waals surface area contributed by atoms with Crippen LogP contribution >= 0.6 is 11.8 Å². The zero-order chi connectivity index (χ0) is 20.2. The lowest BCUT2D eigenvalue weighted by Crippen LogP contribution is -2.24. The van der Waals surface area contributed by atoms with Crippen molar-refractivity contribution in [2.75, 3.05) is 19.0 Å². The molecule has 158 valence electrons. The maximum absolute atomic E-state index is 14.0. The van der Waals surface area contributed by atoms with Gasteiger partial charge in [0.1, 0.15) is 6.61 Å². The summed E-state index contributed by atoms with van der Waals surface area (Å²) in [5.74, 6) is 3.84. The number of rotatable bonds is 10. The van der Waals surface area contributed by atoms with Crippen LogP contribution < -0.4 is 4.74 Å². The minimum Gasteiger partial charge on any atom is -0.483 e. The predicted molar refractivity (Wildman–Crippen MR) is 112 cm³/mol. The Bertz CT molecular complexity index is 815. The van der Waals surface area contributed by atoms with Gasteiger partial charge in [-0.3, -0.25) is 4.57 Å². The molecule has 0 spiro atoms. The minimum absolute atomic E-state index is 0.213. The number of nitrogens with zero attached hydrogens (tertiary/aromatic N) is 3. The van der Waals surface area contributed by atoms with Crippen molar-refractivity contribution >= 4 is 11.8 Å². The lowest BCUT2D eigenvalue weighted by atomic mass is 9.84. The van der Waals surface area contributed by atoms with E-state index in [0.717, 1.165) is 35.2 Å². The number of hydrogen-bond acceptors (Lipinski definition) is 5. The van der Waals surface area contributed by atoms with Gasteiger partial charge in [0.05, 0.1) is 6.61 Å². The molecule has 4 unspecified atom stereocenters.